The fourth-order valence-corrected chi connectivity index (χ4v) is 3.67. The summed E-state index contributed by atoms with van der Waals surface area (Å²) in [7, 11) is 1.63. The molecule has 0 aliphatic carbocycles. The molecule has 0 fully saturated rings. The molecule has 27 heavy (non-hydrogen) atoms. The normalized spacial score (nSPS) is 16.4. The minimum Gasteiger partial charge on any atom is -0.497 e. The zero-order chi connectivity index (χ0) is 18.6. The smallest absolute Gasteiger partial charge is 0.253 e. The Labute approximate surface area is 160 Å². The summed E-state index contributed by atoms with van der Waals surface area (Å²) in [6.45, 7) is 0. The van der Waals surface area contributed by atoms with E-state index >= 15 is 0 Å². The van der Waals surface area contributed by atoms with E-state index in [1.54, 1.807) is 19.6 Å². The predicted molar refractivity (Wildman–Crippen MR) is 102 cm³/mol. The van der Waals surface area contributed by atoms with Gasteiger partial charge in [-0.05, 0) is 48.5 Å². The van der Waals surface area contributed by atoms with E-state index in [9.17, 15) is 4.79 Å². The minimum absolute atomic E-state index is 0.0845. The number of furan rings is 2. The third-order valence-electron chi connectivity index (χ3n) is 4.26. The van der Waals surface area contributed by atoms with Crippen LogP contribution in [0.2, 0.25) is 0 Å². The van der Waals surface area contributed by atoms with Gasteiger partial charge in [0.15, 0.2) is 0 Å². The third kappa shape index (κ3) is 3.78. The first kappa shape index (κ1) is 17.5. The van der Waals surface area contributed by atoms with Crippen LogP contribution in [0.4, 0.5) is 0 Å². The largest absolute Gasteiger partial charge is 0.497 e. The molecule has 0 radical (unpaired) electrons. The van der Waals surface area contributed by atoms with E-state index in [-0.39, 0.29) is 17.7 Å². The molecule has 0 saturated heterocycles. The third-order valence-corrected chi connectivity index (χ3v) is 5.26. The molecular formula is C20H18N2O4S. The Morgan fingerprint density at radius 1 is 1.19 bits per heavy atom. The van der Waals surface area contributed by atoms with Crippen LogP contribution in [0.15, 0.2) is 79.9 Å². The topological polar surface area (TPSA) is 68.2 Å². The Kier molecular flexibility index (Phi) is 5.02. The number of ether oxygens (including phenoxy) is 1. The second-order valence-electron chi connectivity index (χ2n) is 5.96. The van der Waals surface area contributed by atoms with Gasteiger partial charge in [0.1, 0.15) is 29.0 Å². The number of hydrogen-bond acceptors (Lipinski definition) is 6. The predicted octanol–water partition coefficient (Wildman–Crippen LogP) is 4.35. The lowest BCUT2D eigenvalue weighted by atomic mass is 10.1. The molecule has 4 rings (SSSR count). The van der Waals surface area contributed by atoms with E-state index in [1.807, 2.05) is 48.5 Å². The number of methoxy groups -OCH3 is 1. The van der Waals surface area contributed by atoms with E-state index in [0.29, 0.717) is 17.9 Å². The molecule has 0 bridgehead atoms. The maximum absolute atomic E-state index is 12.9. The molecule has 1 aliphatic rings. The zero-order valence-corrected chi connectivity index (χ0v) is 15.5. The molecule has 2 aromatic heterocycles. The Bertz CT molecular complexity index is 918. The lowest BCUT2D eigenvalue weighted by Gasteiger charge is -2.19. The van der Waals surface area contributed by atoms with Gasteiger partial charge in [0.05, 0.1) is 25.4 Å². The average molecular weight is 382 g/mol. The first-order valence-corrected chi connectivity index (χ1v) is 9.47. The Balaban J connectivity index is 1.49. The average Bonchev–Trinajstić information content (AvgIpc) is 3.46. The number of hydrazone groups is 1. The number of thioether (sulfide) groups is 1. The highest BCUT2D eigenvalue weighted by atomic mass is 32.2. The highest BCUT2D eigenvalue weighted by molar-refractivity contribution is 8.00. The molecule has 1 atom stereocenters. The van der Waals surface area contributed by atoms with Gasteiger partial charge in [-0.25, -0.2) is 5.01 Å². The van der Waals surface area contributed by atoms with Crippen LogP contribution in [0, 0.1) is 0 Å². The number of carbonyl (C=O) groups is 1. The molecule has 3 aromatic rings. The highest BCUT2D eigenvalue weighted by Crippen LogP contribution is 2.34. The number of hydrogen-bond donors (Lipinski definition) is 0. The van der Waals surface area contributed by atoms with Crippen LogP contribution in [0.3, 0.4) is 0 Å². The number of amides is 1. The Hall–Kier alpha value is -2.93. The highest BCUT2D eigenvalue weighted by Gasteiger charge is 2.35. The summed E-state index contributed by atoms with van der Waals surface area (Å²) < 4.78 is 16.1. The van der Waals surface area contributed by atoms with Crippen LogP contribution in [-0.4, -0.2) is 29.5 Å². The van der Waals surface area contributed by atoms with Crippen molar-refractivity contribution in [3.63, 3.8) is 0 Å². The molecule has 6 nitrogen and oxygen atoms in total. The molecule has 1 amide bonds. The molecule has 7 heteroatoms. The van der Waals surface area contributed by atoms with Gasteiger partial charge in [-0.3, -0.25) is 4.79 Å². The summed E-state index contributed by atoms with van der Waals surface area (Å²) >= 11 is 1.46. The summed E-state index contributed by atoms with van der Waals surface area (Å²) in [6.07, 6.45) is 3.76. The van der Waals surface area contributed by atoms with Crippen molar-refractivity contribution in [3.8, 4) is 5.75 Å². The molecule has 0 spiro atoms. The fourth-order valence-electron chi connectivity index (χ4n) is 2.92. The summed E-state index contributed by atoms with van der Waals surface area (Å²) in [6, 6.07) is 14.7. The second kappa shape index (κ2) is 7.75. The van der Waals surface area contributed by atoms with Crippen molar-refractivity contribution >= 4 is 23.4 Å². The van der Waals surface area contributed by atoms with Crippen LogP contribution < -0.4 is 4.74 Å². The van der Waals surface area contributed by atoms with Crippen molar-refractivity contribution in [3.05, 3.63) is 72.6 Å². The van der Waals surface area contributed by atoms with Crippen LogP contribution >= 0.6 is 11.8 Å². The van der Waals surface area contributed by atoms with E-state index in [1.165, 1.54) is 16.8 Å². The maximum Gasteiger partial charge on any atom is 0.253 e. The first-order chi connectivity index (χ1) is 13.2. The van der Waals surface area contributed by atoms with Gasteiger partial charge in [-0.1, -0.05) is 0 Å². The van der Waals surface area contributed by atoms with Crippen LogP contribution in [-0.2, 0) is 4.79 Å². The van der Waals surface area contributed by atoms with E-state index in [4.69, 9.17) is 13.6 Å². The van der Waals surface area contributed by atoms with Crippen molar-refractivity contribution in [1.82, 2.24) is 5.01 Å². The summed E-state index contributed by atoms with van der Waals surface area (Å²) in [5.41, 5.74) is 0.740. The van der Waals surface area contributed by atoms with Crippen molar-refractivity contribution < 1.29 is 18.4 Å². The van der Waals surface area contributed by atoms with Crippen molar-refractivity contribution in [2.45, 2.75) is 17.4 Å². The second-order valence-corrected chi connectivity index (χ2v) is 7.01. The van der Waals surface area contributed by atoms with Crippen LogP contribution in [0.5, 0.6) is 5.75 Å². The van der Waals surface area contributed by atoms with Gasteiger partial charge in [0.25, 0.3) is 5.91 Å². The molecule has 0 unspecified atom stereocenters. The maximum atomic E-state index is 12.9. The van der Waals surface area contributed by atoms with Gasteiger partial charge in [-0.2, -0.15) is 5.10 Å². The minimum atomic E-state index is -0.260. The van der Waals surface area contributed by atoms with Gasteiger partial charge in [-0.15, -0.1) is 11.8 Å². The SMILES string of the molecule is COc1ccc(SCC(=O)N2N=C(c3ccco3)C[C@H]2c2ccco2)cc1. The standard InChI is InChI=1S/C20H18N2O4S/c1-24-14-6-8-15(9-7-14)27-13-20(23)22-17(19-5-3-11-26-19)12-16(21-22)18-4-2-10-25-18/h2-11,17H,12-13H2,1H3/t17-/m0/s1. The molecule has 1 aliphatic heterocycles. The Morgan fingerprint density at radius 2 is 1.96 bits per heavy atom. The summed E-state index contributed by atoms with van der Waals surface area (Å²) in [4.78, 5) is 13.9. The molecule has 138 valence electrons. The first-order valence-electron chi connectivity index (χ1n) is 8.48. The molecule has 0 saturated carbocycles. The zero-order valence-electron chi connectivity index (χ0n) is 14.7. The number of carbonyl (C=O) groups excluding carboxylic acids is 1. The molecule has 0 N–H and O–H groups in total. The van der Waals surface area contributed by atoms with Crippen LogP contribution in [0.25, 0.3) is 0 Å². The number of benzene rings is 1. The van der Waals surface area contributed by atoms with Gasteiger partial charge >= 0.3 is 0 Å². The van der Waals surface area contributed by atoms with Gasteiger partial charge in [0, 0.05) is 11.3 Å². The molecule has 1 aromatic carbocycles. The number of rotatable bonds is 6. The summed E-state index contributed by atoms with van der Waals surface area (Å²) in [5, 5.41) is 6.03. The Morgan fingerprint density at radius 3 is 2.63 bits per heavy atom. The molecule has 3 heterocycles. The van der Waals surface area contributed by atoms with Gasteiger partial charge < -0.3 is 13.6 Å². The van der Waals surface area contributed by atoms with Crippen molar-refractivity contribution in [2.24, 2.45) is 5.10 Å². The van der Waals surface area contributed by atoms with E-state index in [2.05, 4.69) is 5.10 Å². The summed E-state index contributed by atoms with van der Waals surface area (Å²) in [5.74, 6) is 2.36. The number of nitrogens with zero attached hydrogens (tertiary/aromatic N) is 2. The van der Waals surface area contributed by atoms with E-state index in [0.717, 1.165) is 16.4 Å². The molecular weight excluding hydrogens is 364 g/mol. The lowest BCUT2D eigenvalue weighted by molar-refractivity contribution is -0.130. The lowest BCUT2D eigenvalue weighted by Crippen LogP contribution is -2.28. The quantitative estimate of drug-likeness (QED) is 0.593. The monoisotopic (exact) mass is 382 g/mol. The fraction of sp³-hybridized carbons (Fsp3) is 0.200. The van der Waals surface area contributed by atoms with Gasteiger partial charge in [0.2, 0.25) is 0 Å². The van der Waals surface area contributed by atoms with E-state index < -0.39 is 0 Å². The van der Waals surface area contributed by atoms with Crippen molar-refractivity contribution in [2.75, 3.05) is 12.9 Å². The van der Waals surface area contributed by atoms with Crippen molar-refractivity contribution in [1.29, 1.82) is 0 Å². The van der Waals surface area contributed by atoms with Crippen LogP contribution in [0.1, 0.15) is 24.0 Å².